The molecular formula is C36H69ClS4. The summed E-state index contributed by atoms with van der Waals surface area (Å²) in [6.45, 7) is 9.21. The monoisotopic (exact) mass is 664 g/mol. The fraction of sp³-hybridized carbons (Fsp3) is 0.889. The van der Waals surface area contributed by atoms with Crippen LogP contribution in [0.25, 0.3) is 0 Å². The summed E-state index contributed by atoms with van der Waals surface area (Å²) in [6, 6.07) is 0. The summed E-state index contributed by atoms with van der Waals surface area (Å²) in [7, 11) is 0. The first-order chi connectivity index (χ1) is 20.2. The third-order valence-electron chi connectivity index (χ3n) is 7.39. The molecule has 0 aromatic rings. The Morgan fingerprint density at radius 3 is 0.976 bits per heavy atom. The van der Waals surface area contributed by atoms with E-state index in [-0.39, 0.29) is 0 Å². The average molecular weight is 666 g/mol. The molecule has 0 nitrogen and oxygen atoms in total. The molecule has 0 unspecified atom stereocenters. The lowest BCUT2D eigenvalue weighted by Gasteiger charge is -2.11. The molecule has 0 spiro atoms. The van der Waals surface area contributed by atoms with Crippen LogP contribution in [-0.2, 0) is 0 Å². The van der Waals surface area contributed by atoms with Crippen molar-refractivity contribution in [3.63, 3.8) is 0 Å². The lowest BCUT2D eigenvalue weighted by molar-refractivity contribution is 0.627. The fourth-order valence-corrected chi connectivity index (χ4v) is 9.87. The second-order valence-corrected chi connectivity index (χ2v) is 17.0. The van der Waals surface area contributed by atoms with E-state index >= 15 is 0 Å². The van der Waals surface area contributed by atoms with Gasteiger partial charge in [0.25, 0.3) is 0 Å². The molecule has 0 N–H and O–H groups in total. The molecule has 0 aliphatic carbocycles. The van der Waals surface area contributed by atoms with E-state index in [0.29, 0.717) is 0 Å². The molecular weight excluding hydrogens is 596 g/mol. The molecule has 0 saturated heterocycles. The van der Waals surface area contributed by atoms with Crippen molar-refractivity contribution in [1.82, 2.24) is 0 Å². The summed E-state index contributed by atoms with van der Waals surface area (Å²) in [5.41, 5.74) is 0. The lowest BCUT2D eigenvalue weighted by atomic mass is 10.1. The Labute approximate surface area is 281 Å². The number of hydrogen-bond donors (Lipinski definition) is 0. The van der Waals surface area contributed by atoms with E-state index in [1.54, 1.807) is 0 Å². The molecule has 0 rings (SSSR count). The summed E-state index contributed by atoms with van der Waals surface area (Å²) in [5.74, 6) is 4.88. The van der Waals surface area contributed by atoms with Crippen LogP contribution in [0.1, 0.15) is 182 Å². The Hall–Kier alpha value is 1.17. The molecule has 0 heterocycles. The van der Waals surface area contributed by atoms with Crippen molar-refractivity contribution in [2.45, 2.75) is 182 Å². The van der Waals surface area contributed by atoms with Crippen molar-refractivity contribution in [3.05, 3.63) is 19.6 Å². The van der Waals surface area contributed by atoms with E-state index in [1.165, 1.54) is 186 Å². The minimum Gasteiger partial charge on any atom is -0.119 e. The van der Waals surface area contributed by atoms with E-state index < -0.39 is 0 Å². The van der Waals surface area contributed by atoms with Crippen LogP contribution in [0.2, 0.25) is 0 Å². The van der Waals surface area contributed by atoms with Crippen molar-refractivity contribution in [3.8, 4) is 0 Å². The van der Waals surface area contributed by atoms with Crippen LogP contribution < -0.4 is 0 Å². The van der Waals surface area contributed by atoms with Gasteiger partial charge in [0.05, 0.1) is 9.27 Å². The highest BCUT2D eigenvalue weighted by Gasteiger charge is 2.09. The highest BCUT2D eigenvalue weighted by Crippen LogP contribution is 2.39. The van der Waals surface area contributed by atoms with Gasteiger partial charge in [-0.15, -0.1) is 47.0 Å². The number of hydrogen-bond acceptors (Lipinski definition) is 4. The maximum absolute atomic E-state index is 7.13. The molecule has 0 aromatic heterocycles. The van der Waals surface area contributed by atoms with Crippen molar-refractivity contribution in [2.24, 2.45) is 0 Å². The summed E-state index contributed by atoms with van der Waals surface area (Å²) < 4.78 is 2.83. The number of rotatable bonds is 33. The third-order valence-corrected chi connectivity index (χ3v) is 13.1. The second-order valence-electron chi connectivity index (χ2n) is 11.6. The minimum absolute atomic E-state index is 1.01. The van der Waals surface area contributed by atoms with E-state index in [1.807, 2.05) is 23.5 Å². The zero-order chi connectivity index (χ0) is 30.1. The summed E-state index contributed by atoms with van der Waals surface area (Å²) >= 11 is 15.3. The quantitative estimate of drug-likeness (QED) is 0.0505. The third kappa shape index (κ3) is 31.0. The van der Waals surface area contributed by atoms with E-state index in [0.717, 1.165) is 5.03 Å². The highest BCUT2D eigenvalue weighted by atomic mass is 35.5. The maximum Gasteiger partial charge on any atom is 0.0622 e. The van der Waals surface area contributed by atoms with Gasteiger partial charge in [-0.05, 0) is 54.8 Å². The molecule has 41 heavy (non-hydrogen) atoms. The minimum atomic E-state index is 1.01. The van der Waals surface area contributed by atoms with Gasteiger partial charge in [-0.3, -0.25) is 0 Å². The van der Waals surface area contributed by atoms with Gasteiger partial charge in [-0.25, -0.2) is 0 Å². The molecule has 0 fully saturated rings. The Morgan fingerprint density at radius 1 is 0.390 bits per heavy atom. The molecule has 0 amide bonds. The standard InChI is InChI=1S/C36H69ClS4/c1-5-9-13-17-21-25-29-38-35(39-30-26-22-18-14-10-6-2)33-34(37)36(40-31-27-23-19-15-11-7-3)41-32-28-24-20-16-12-8-4/h33H,5-32H2,1-4H3. The predicted molar refractivity (Wildman–Crippen MR) is 204 cm³/mol. The SMILES string of the molecule is CCCCCCCCSC(=CC(Cl)=C(SCCCCCCCC)SCCCCCCCC)SCCCCCCCC. The highest BCUT2D eigenvalue weighted by molar-refractivity contribution is 8.22. The van der Waals surface area contributed by atoms with E-state index in [4.69, 9.17) is 11.6 Å². The van der Waals surface area contributed by atoms with Gasteiger partial charge in [0.2, 0.25) is 0 Å². The van der Waals surface area contributed by atoms with Crippen LogP contribution in [0.3, 0.4) is 0 Å². The molecule has 0 aliphatic heterocycles. The molecule has 0 saturated carbocycles. The van der Waals surface area contributed by atoms with E-state index in [2.05, 4.69) is 57.3 Å². The van der Waals surface area contributed by atoms with Gasteiger partial charge in [0.15, 0.2) is 0 Å². The number of halogens is 1. The van der Waals surface area contributed by atoms with Crippen molar-refractivity contribution < 1.29 is 0 Å². The first-order valence-electron chi connectivity index (χ1n) is 17.8. The zero-order valence-electron chi connectivity index (χ0n) is 27.9. The maximum atomic E-state index is 7.13. The van der Waals surface area contributed by atoms with Crippen LogP contribution in [0.15, 0.2) is 19.6 Å². The first kappa shape index (κ1) is 42.2. The van der Waals surface area contributed by atoms with Crippen molar-refractivity contribution in [2.75, 3.05) is 23.0 Å². The number of allylic oxidation sites excluding steroid dienone is 2. The topological polar surface area (TPSA) is 0 Å². The normalized spacial score (nSPS) is 11.2. The molecule has 0 aromatic carbocycles. The van der Waals surface area contributed by atoms with Gasteiger partial charge >= 0.3 is 0 Å². The Balaban J connectivity index is 5.08. The van der Waals surface area contributed by atoms with Gasteiger partial charge in [-0.1, -0.05) is 168 Å². The van der Waals surface area contributed by atoms with Crippen LogP contribution in [0.5, 0.6) is 0 Å². The van der Waals surface area contributed by atoms with Crippen LogP contribution in [0, 0.1) is 0 Å². The van der Waals surface area contributed by atoms with Gasteiger partial charge in [0, 0.05) is 4.24 Å². The molecule has 5 heteroatoms. The van der Waals surface area contributed by atoms with Crippen LogP contribution >= 0.6 is 58.6 Å². The smallest absolute Gasteiger partial charge is 0.0622 e. The summed E-state index contributed by atoms with van der Waals surface area (Å²) in [5, 5.41) is 1.01. The Morgan fingerprint density at radius 2 is 0.659 bits per heavy atom. The molecule has 0 radical (unpaired) electrons. The number of thioether (sulfide) groups is 4. The van der Waals surface area contributed by atoms with Crippen LogP contribution in [-0.4, -0.2) is 23.0 Å². The lowest BCUT2D eigenvalue weighted by Crippen LogP contribution is -1.89. The Kier molecular flexibility index (Phi) is 36.7. The zero-order valence-corrected chi connectivity index (χ0v) is 31.9. The number of unbranched alkanes of at least 4 members (excludes halogenated alkanes) is 20. The predicted octanol–water partition coefficient (Wildman–Crippen LogP) is 15.6. The fourth-order valence-electron chi connectivity index (χ4n) is 4.67. The van der Waals surface area contributed by atoms with Crippen molar-refractivity contribution in [1.29, 1.82) is 0 Å². The molecule has 0 bridgehead atoms. The largest absolute Gasteiger partial charge is 0.119 e. The first-order valence-corrected chi connectivity index (χ1v) is 22.1. The van der Waals surface area contributed by atoms with Gasteiger partial charge in [-0.2, -0.15) is 0 Å². The molecule has 244 valence electrons. The van der Waals surface area contributed by atoms with Crippen molar-refractivity contribution >= 4 is 58.6 Å². The second kappa shape index (κ2) is 35.6. The van der Waals surface area contributed by atoms with E-state index in [9.17, 15) is 0 Å². The summed E-state index contributed by atoms with van der Waals surface area (Å²) in [6.07, 6.45) is 35.2. The molecule has 0 atom stereocenters. The summed E-state index contributed by atoms with van der Waals surface area (Å²) in [4.78, 5) is 0. The van der Waals surface area contributed by atoms with Crippen LogP contribution in [0.4, 0.5) is 0 Å². The van der Waals surface area contributed by atoms with Gasteiger partial charge < -0.3 is 0 Å². The Bertz CT molecular complexity index is 550. The van der Waals surface area contributed by atoms with Gasteiger partial charge in [0.1, 0.15) is 0 Å². The average Bonchev–Trinajstić information content (AvgIpc) is 2.97. The molecule has 0 aliphatic rings.